The molecule has 2 aromatic carbocycles. The minimum absolute atomic E-state index is 0.0521. The second-order valence-electron chi connectivity index (χ2n) is 3.86. The van der Waals surface area contributed by atoms with Gasteiger partial charge in [-0.3, -0.25) is 4.79 Å². The van der Waals surface area contributed by atoms with Gasteiger partial charge in [-0.15, -0.1) is 0 Å². The fourth-order valence-corrected chi connectivity index (χ4v) is 1.56. The second kappa shape index (κ2) is 9.85. The van der Waals surface area contributed by atoms with Crippen molar-refractivity contribution < 1.29 is 9.53 Å². The highest BCUT2D eigenvalue weighted by Gasteiger charge is 2.08. The maximum absolute atomic E-state index is 10.3. The molecule has 3 heteroatoms. The third-order valence-corrected chi connectivity index (χ3v) is 2.47. The van der Waals surface area contributed by atoms with Crippen molar-refractivity contribution in [3.05, 3.63) is 72.3 Å². The van der Waals surface area contributed by atoms with Crippen molar-refractivity contribution in [1.82, 2.24) is 5.32 Å². The van der Waals surface area contributed by atoms with Crippen molar-refractivity contribution in [2.45, 2.75) is 6.04 Å². The van der Waals surface area contributed by atoms with Gasteiger partial charge in [0.2, 0.25) is 6.41 Å². The number of rotatable bonds is 5. The lowest BCUT2D eigenvalue weighted by Gasteiger charge is -2.14. The number of hydrogen-bond donors (Lipinski definition) is 1. The number of methoxy groups -OCH3 is 1. The van der Waals surface area contributed by atoms with Gasteiger partial charge in [0.15, 0.2) is 0 Å². The van der Waals surface area contributed by atoms with Crippen LogP contribution in [0.5, 0.6) is 0 Å². The first kappa shape index (κ1) is 14.9. The standard InChI is InChI=1S/C10H13NO2.C6H6/c1-13-7-10(11-8-12)9-5-3-2-4-6-9;1-2-4-6-5-3-1/h2-6,8,10H,7H2,1H3,(H,11,12);1-6H/t10-;/m0./s1. The van der Waals surface area contributed by atoms with Crippen molar-refractivity contribution in [3.8, 4) is 0 Å². The molecule has 2 aromatic rings. The molecular formula is C16H19NO2. The van der Waals surface area contributed by atoms with Gasteiger partial charge in [0, 0.05) is 7.11 Å². The SMILES string of the molecule is COC[C@H](NC=O)c1ccccc1.c1ccccc1. The second-order valence-corrected chi connectivity index (χ2v) is 3.86. The highest BCUT2D eigenvalue weighted by molar-refractivity contribution is 5.47. The number of carbonyl (C=O) groups excluding carboxylic acids is 1. The molecule has 2 rings (SSSR count). The summed E-state index contributed by atoms with van der Waals surface area (Å²) >= 11 is 0. The van der Waals surface area contributed by atoms with Crippen LogP contribution in [0, 0.1) is 0 Å². The minimum Gasteiger partial charge on any atom is -0.382 e. The summed E-state index contributed by atoms with van der Waals surface area (Å²) in [4.78, 5) is 10.3. The van der Waals surface area contributed by atoms with E-state index >= 15 is 0 Å². The summed E-state index contributed by atoms with van der Waals surface area (Å²) in [7, 11) is 1.61. The number of benzene rings is 2. The van der Waals surface area contributed by atoms with E-state index in [2.05, 4.69) is 5.32 Å². The summed E-state index contributed by atoms with van der Waals surface area (Å²) in [6, 6.07) is 21.7. The number of nitrogens with one attached hydrogen (secondary N) is 1. The highest BCUT2D eigenvalue weighted by atomic mass is 16.5. The van der Waals surface area contributed by atoms with Crippen LogP contribution in [0.3, 0.4) is 0 Å². The van der Waals surface area contributed by atoms with Crippen LogP contribution in [0.1, 0.15) is 11.6 Å². The molecule has 1 atom stereocenters. The minimum atomic E-state index is -0.0521. The molecule has 0 bridgehead atoms. The van der Waals surface area contributed by atoms with Gasteiger partial charge in [-0.2, -0.15) is 0 Å². The van der Waals surface area contributed by atoms with Crippen molar-refractivity contribution in [2.75, 3.05) is 13.7 Å². The number of hydrogen-bond acceptors (Lipinski definition) is 2. The first-order valence-corrected chi connectivity index (χ1v) is 6.12. The fourth-order valence-electron chi connectivity index (χ4n) is 1.56. The Morgan fingerprint density at radius 3 is 1.89 bits per heavy atom. The zero-order chi connectivity index (χ0) is 13.8. The maximum Gasteiger partial charge on any atom is 0.207 e. The quantitative estimate of drug-likeness (QED) is 0.836. The summed E-state index contributed by atoms with van der Waals surface area (Å²) in [6.07, 6.45) is 0.691. The Morgan fingerprint density at radius 2 is 1.47 bits per heavy atom. The van der Waals surface area contributed by atoms with E-state index in [0.29, 0.717) is 13.0 Å². The van der Waals surface area contributed by atoms with E-state index in [9.17, 15) is 4.79 Å². The molecule has 0 saturated carbocycles. The molecule has 0 fully saturated rings. The third kappa shape index (κ3) is 6.38. The zero-order valence-corrected chi connectivity index (χ0v) is 11.0. The van der Waals surface area contributed by atoms with Gasteiger partial charge in [-0.25, -0.2) is 0 Å². The van der Waals surface area contributed by atoms with Gasteiger partial charge in [0.1, 0.15) is 0 Å². The van der Waals surface area contributed by atoms with Crippen LogP contribution in [-0.2, 0) is 9.53 Å². The lowest BCUT2D eigenvalue weighted by Crippen LogP contribution is -2.23. The fraction of sp³-hybridized carbons (Fsp3) is 0.188. The molecule has 0 aliphatic rings. The Morgan fingerprint density at radius 1 is 1.00 bits per heavy atom. The summed E-state index contributed by atoms with van der Waals surface area (Å²) in [5.74, 6) is 0. The molecule has 0 aliphatic heterocycles. The molecule has 1 N–H and O–H groups in total. The topological polar surface area (TPSA) is 38.3 Å². The molecule has 0 spiro atoms. The lowest BCUT2D eigenvalue weighted by atomic mass is 10.1. The van der Waals surface area contributed by atoms with Gasteiger partial charge in [0.25, 0.3) is 0 Å². The number of ether oxygens (including phenoxy) is 1. The normalized spacial score (nSPS) is 10.8. The van der Waals surface area contributed by atoms with Crippen LogP contribution in [-0.4, -0.2) is 20.1 Å². The number of carbonyl (C=O) groups is 1. The average molecular weight is 257 g/mol. The van der Waals surface area contributed by atoms with E-state index in [0.717, 1.165) is 5.56 Å². The summed E-state index contributed by atoms with van der Waals surface area (Å²) in [5.41, 5.74) is 1.05. The van der Waals surface area contributed by atoms with Crippen molar-refractivity contribution in [2.24, 2.45) is 0 Å². The molecule has 0 radical (unpaired) electrons. The largest absolute Gasteiger partial charge is 0.382 e. The number of amides is 1. The Labute approximate surface area is 114 Å². The van der Waals surface area contributed by atoms with Crippen LogP contribution >= 0.6 is 0 Å². The first-order valence-electron chi connectivity index (χ1n) is 6.12. The Kier molecular flexibility index (Phi) is 7.74. The zero-order valence-electron chi connectivity index (χ0n) is 11.0. The third-order valence-electron chi connectivity index (χ3n) is 2.47. The highest BCUT2D eigenvalue weighted by Crippen LogP contribution is 2.11. The Bertz CT molecular complexity index is 404. The van der Waals surface area contributed by atoms with Crippen molar-refractivity contribution in [1.29, 1.82) is 0 Å². The molecule has 3 nitrogen and oxygen atoms in total. The van der Waals surface area contributed by atoms with E-state index in [-0.39, 0.29) is 6.04 Å². The van der Waals surface area contributed by atoms with Gasteiger partial charge in [0.05, 0.1) is 12.6 Å². The monoisotopic (exact) mass is 257 g/mol. The van der Waals surface area contributed by atoms with E-state index in [1.807, 2.05) is 66.7 Å². The summed E-state index contributed by atoms with van der Waals surface area (Å²) in [6.45, 7) is 0.489. The predicted molar refractivity (Wildman–Crippen MR) is 76.7 cm³/mol. The van der Waals surface area contributed by atoms with Crippen molar-refractivity contribution in [3.63, 3.8) is 0 Å². The summed E-state index contributed by atoms with van der Waals surface area (Å²) < 4.78 is 4.99. The van der Waals surface area contributed by atoms with Crippen LogP contribution < -0.4 is 5.32 Å². The molecule has 19 heavy (non-hydrogen) atoms. The molecule has 100 valence electrons. The predicted octanol–water partition coefficient (Wildman–Crippen LogP) is 2.81. The van der Waals surface area contributed by atoms with Crippen molar-refractivity contribution >= 4 is 6.41 Å². The van der Waals surface area contributed by atoms with Gasteiger partial charge >= 0.3 is 0 Å². The molecule has 0 unspecified atom stereocenters. The lowest BCUT2D eigenvalue weighted by molar-refractivity contribution is -0.110. The molecular weight excluding hydrogens is 238 g/mol. The van der Waals surface area contributed by atoms with E-state index < -0.39 is 0 Å². The smallest absolute Gasteiger partial charge is 0.207 e. The van der Waals surface area contributed by atoms with E-state index in [1.54, 1.807) is 7.11 Å². The van der Waals surface area contributed by atoms with Gasteiger partial charge < -0.3 is 10.1 Å². The molecule has 1 amide bonds. The van der Waals surface area contributed by atoms with Crippen LogP contribution in [0.4, 0.5) is 0 Å². The molecule has 0 aliphatic carbocycles. The molecule has 0 heterocycles. The summed E-state index contributed by atoms with van der Waals surface area (Å²) in [5, 5.41) is 2.69. The van der Waals surface area contributed by atoms with E-state index in [1.165, 1.54) is 0 Å². The Hall–Kier alpha value is -2.13. The molecule has 0 saturated heterocycles. The van der Waals surface area contributed by atoms with Gasteiger partial charge in [-0.1, -0.05) is 66.7 Å². The Balaban J connectivity index is 0.000000250. The maximum atomic E-state index is 10.3. The van der Waals surface area contributed by atoms with Crippen LogP contribution in [0.2, 0.25) is 0 Å². The average Bonchev–Trinajstić information content (AvgIpc) is 2.50. The van der Waals surface area contributed by atoms with E-state index in [4.69, 9.17) is 4.74 Å². The first-order chi connectivity index (χ1) is 9.38. The van der Waals surface area contributed by atoms with Crippen LogP contribution in [0.15, 0.2) is 66.7 Å². The molecule has 0 aromatic heterocycles. The van der Waals surface area contributed by atoms with Gasteiger partial charge in [-0.05, 0) is 5.56 Å². The van der Waals surface area contributed by atoms with Crippen LogP contribution in [0.25, 0.3) is 0 Å².